The lowest BCUT2D eigenvalue weighted by Crippen LogP contribution is -2.03. The molecule has 0 fully saturated rings. The first kappa shape index (κ1) is 14.4. The normalized spacial score (nSPS) is 10.4. The molecule has 0 aliphatic rings. The van der Waals surface area contributed by atoms with Crippen molar-refractivity contribution in [3.63, 3.8) is 0 Å². The zero-order valence-corrected chi connectivity index (χ0v) is 12.8. The summed E-state index contributed by atoms with van der Waals surface area (Å²) in [4.78, 5) is 0. The molecule has 0 aliphatic carbocycles. The molecule has 2 aromatic carbocycles. The summed E-state index contributed by atoms with van der Waals surface area (Å²) in [5.74, 6) is 0.990. The zero-order chi connectivity index (χ0) is 14.5. The lowest BCUT2D eigenvalue weighted by atomic mass is 10.0. The van der Waals surface area contributed by atoms with Crippen molar-refractivity contribution in [3.05, 3.63) is 58.7 Å². The summed E-state index contributed by atoms with van der Waals surface area (Å²) in [5.41, 5.74) is 6.20. The maximum Gasteiger partial charge on any atom is 0.122 e. The molecule has 20 heavy (non-hydrogen) atoms. The van der Waals surface area contributed by atoms with Gasteiger partial charge in [0, 0.05) is 12.2 Å². The monoisotopic (exact) mass is 269 g/mol. The average molecular weight is 269 g/mol. The van der Waals surface area contributed by atoms with Crippen LogP contribution in [0.1, 0.15) is 29.2 Å². The van der Waals surface area contributed by atoms with E-state index in [0.29, 0.717) is 6.61 Å². The van der Waals surface area contributed by atoms with Crippen LogP contribution in [-0.2, 0) is 6.54 Å². The van der Waals surface area contributed by atoms with Gasteiger partial charge in [-0.1, -0.05) is 18.2 Å². The number of nitrogens with one attached hydrogen (secondary N) is 1. The molecule has 0 heterocycles. The second-order valence-corrected chi connectivity index (χ2v) is 5.20. The van der Waals surface area contributed by atoms with Crippen LogP contribution in [-0.4, -0.2) is 6.61 Å². The van der Waals surface area contributed by atoms with Gasteiger partial charge in [0.1, 0.15) is 5.75 Å². The van der Waals surface area contributed by atoms with Crippen molar-refractivity contribution in [2.45, 2.75) is 34.2 Å². The Balaban J connectivity index is 2.12. The number of ether oxygens (including phenoxy) is 1. The number of aryl methyl sites for hydroxylation is 3. The van der Waals surface area contributed by atoms with Gasteiger partial charge in [0.2, 0.25) is 0 Å². The number of hydrogen-bond donors (Lipinski definition) is 1. The molecule has 0 atom stereocenters. The highest BCUT2D eigenvalue weighted by atomic mass is 16.5. The van der Waals surface area contributed by atoms with Gasteiger partial charge < -0.3 is 10.1 Å². The second kappa shape index (κ2) is 6.47. The SMILES string of the molecule is CCOc1cc(C)c(CNc2cccc(C)c2)cc1C. The molecule has 0 bridgehead atoms. The fourth-order valence-electron chi connectivity index (χ4n) is 2.30. The highest BCUT2D eigenvalue weighted by Crippen LogP contribution is 2.23. The first-order valence-electron chi connectivity index (χ1n) is 7.13. The van der Waals surface area contributed by atoms with Gasteiger partial charge in [0.05, 0.1) is 6.61 Å². The van der Waals surface area contributed by atoms with E-state index in [1.807, 2.05) is 6.92 Å². The van der Waals surface area contributed by atoms with E-state index in [1.54, 1.807) is 0 Å². The van der Waals surface area contributed by atoms with Crippen LogP contribution in [0.15, 0.2) is 36.4 Å². The molecule has 1 N–H and O–H groups in total. The van der Waals surface area contributed by atoms with Gasteiger partial charge in [0.15, 0.2) is 0 Å². The molecule has 0 aliphatic heterocycles. The standard InChI is InChI=1S/C18H23NO/c1-5-20-18-11-14(3)16(10-15(18)4)12-19-17-8-6-7-13(2)9-17/h6-11,19H,5,12H2,1-4H3. The van der Waals surface area contributed by atoms with Crippen molar-refractivity contribution in [2.75, 3.05) is 11.9 Å². The minimum Gasteiger partial charge on any atom is -0.494 e. The number of anilines is 1. The molecule has 0 aromatic heterocycles. The summed E-state index contributed by atoms with van der Waals surface area (Å²) >= 11 is 0. The quantitative estimate of drug-likeness (QED) is 0.855. The lowest BCUT2D eigenvalue weighted by Gasteiger charge is -2.14. The van der Waals surface area contributed by atoms with E-state index in [2.05, 4.69) is 62.5 Å². The van der Waals surface area contributed by atoms with Crippen molar-refractivity contribution in [2.24, 2.45) is 0 Å². The highest BCUT2D eigenvalue weighted by Gasteiger charge is 2.05. The van der Waals surface area contributed by atoms with Crippen LogP contribution < -0.4 is 10.1 Å². The van der Waals surface area contributed by atoms with Crippen LogP contribution in [0.2, 0.25) is 0 Å². The van der Waals surface area contributed by atoms with Crippen LogP contribution in [0, 0.1) is 20.8 Å². The minimum atomic E-state index is 0.709. The minimum absolute atomic E-state index is 0.709. The first-order chi connectivity index (χ1) is 9.60. The summed E-state index contributed by atoms with van der Waals surface area (Å²) < 4.78 is 5.63. The fourth-order valence-corrected chi connectivity index (χ4v) is 2.30. The van der Waals surface area contributed by atoms with E-state index in [1.165, 1.54) is 22.3 Å². The molecule has 0 unspecified atom stereocenters. The third-order valence-corrected chi connectivity index (χ3v) is 3.43. The molecule has 0 radical (unpaired) electrons. The van der Waals surface area contributed by atoms with E-state index in [0.717, 1.165) is 18.0 Å². The van der Waals surface area contributed by atoms with Crippen LogP contribution in [0.25, 0.3) is 0 Å². The van der Waals surface area contributed by atoms with E-state index in [4.69, 9.17) is 4.74 Å². The summed E-state index contributed by atoms with van der Waals surface area (Å²) in [6.07, 6.45) is 0. The molecule has 2 heteroatoms. The Labute approximate surface area is 121 Å². The van der Waals surface area contributed by atoms with Crippen LogP contribution in [0.5, 0.6) is 5.75 Å². The number of rotatable bonds is 5. The topological polar surface area (TPSA) is 21.3 Å². The third-order valence-electron chi connectivity index (χ3n) is 3.43. The molecule has 2 rings (SSSR count). The second-order valence-electron chi connectivity index (χ2n) is 5.20. The Kier molecular flexibility index (Phi) is 4.67. The van der Waals surface area contributed by atoms with Gasteiger partial charge in [-0.15, -0.1) is 0 Å². The predicted molar refractivity (Wildman–Crippen MR) is 85.6 cm³/mol. The maximum atomic E-state index is 5.63. The van der Waals surface area contributed by atoms with Crippen molar-refractivity contribution in [3.8, 4) is 5.75 Å². The van der Waals surface area contributed by atoms with Gasteiger partial charge in [-0.2, -0.15) is 0 Å². The Morgan fingerprint density at radius 1 is 1.00 bits per heavy atom. The van der Waals surface area contributed by atoms with Crippen molar-refractivity contribution in [1.29, 1.82) is 0 Å². The molecule has 0 saturated carbocycles. The summed E-state index contributed by atoms with van der Waals surface area (Å²) in [6.45, 7) is 9.90. The molecule has 106 valence electrons. The molecular weight excluding hydrogens is 246 g/mol. The molecule has 0 saturated heterocycles. The predicted octanol–water partition coefficient (Wildman–Crippen LogP) is 4.62. The summed E-state index contributed by atoms with van der Waals surface area (Å²) in [6, 6.07) is 12.8. The summed E-state index contributed by atoms with van der Waals surface area (Å²) in [5, 5.41) is 3.48. The molecule has 0 spiro atoms. The van der Waals surface area contributed by atoms with Gasteiger partial charge in [0.25, 0.3) is 0 Å². The Morgan fingerprint density at radius 3 is 2.50 bits per heavy atom. The third kappa shape index (κ3) is 3.53. The van der Waals surface area contributed by atoms with Crippen molar-refractivity contribution in [1.82, 2.24) is 0 Å². The first-order valence-corrected chi connectivity index (χ1v) is 7.13. The summed E-state index contributed by atoms with van der Waals surface area (Å²) in [7, 11) is 0. The van der Waals surface area contributed by atoms with Crippen molar-refractivity contribution < 1.29 is 4.74 Å². The van der Waals surface area contributed by atoms with Crippen molar-refractivity contribution >= 4 is 5.69 Å². The largest absolute Gasteiger partial charge is 0.494 e. The van der Waals surface area contributed by atoms with Gasteiger partial charge in [-0.05, 0) is 68.1 Å². The lowest BCUT2D eigenvalue weighted by molar-refractivity contribution is 0.337. The molecule has 2 aromatic rings. The van der Waals surface area contributed by atoms with Gasteiger partial charge >= 0.3 is 0 Å². The maximum absolute atomic E-state index is 5.63. The molecule has 2 nitrogen and oxygen atoms in total. The van der Waals surface area contributed by atoms with E-state index in [-0.39, 0.29) is 0 Å². The van der Waals surface area contributed by atoms with Crippen LogP contribution in [0.4, 0.5) is 5.69 Å². The average Bonchev–Trinajstić information content (AvgIpc) is 2.41. The number of hydrogen-bond acceptors (Lipinski definition) is 2. The van der Waals surface area contributed by atoms with E-state index < -0.39 is 0 Å². The molecular formula is C18H23NO. The molecule has 0 amide bonds. The Morgan fingerprint density at radius 2 is 1.80 bits per heavy atom. The van der Waals surface area contributed by atoms with Gasteiger partial charge in [-0.25, -0.2) is 0 Å². The fraction of sp³-hybridized carbons (Fsp3) is 0.333. The van der Waals surface area contributed by atoms with E-state index >= 15 is 0 Å². The van der Waals surface area contributed by atoms with Gasteiger partial charge in [-0.3, -0.25) is 0 Å². The zero-order valence-electron chi connectivity index (χ0n) is 12.8. The number of benzene rings is 2. The smallest absolute Gasteiger partial charge is 0.122 e. The Bertz CT molecular complexity index is 590. The van der Waals surface area contributed by atoms with Crippen LogP contribution in [0.3, 0.4) is 0 Å². The van der Waals surface area contributed by atoms with Crippen LogP contribution >= 0.6 is 0 Å². The van der Waals surface area contributed by atoms with E-state index in [9.17, 15) is 0 Å². The Hall–Kier alpha value is -1.96. The highest BCUT2D eigenvalue weighted by molar-refractivity contribution is 5.48.